The van der Waals surface area contributed by atoms with Crippen LogP contribution in [0.4, 0.5) is 0 Å². The number of hydrogen-bond donors (Lipinski definition) is 1. The summed E-state index contributed by atoms with van der Waals surface area (Å²) in [6.45, 7) is 7.86. The molecule has 0 unspecified atom stereocenters. The summed E-state index contributed by atoms with van der Waals surface area (Å²) >= 11 is 0. The van der Waals surface area contributed by atoms with Gasteiger partial charge < -0.3 is 9.88 Å². The average Bonchev–Trinajstić information content (AvgIpc) is 2.21. The van der Waals surface area contributed by atoms with Crippen LogP contribution in [0.25, 0.3) is 0 Å². The van der Waals surface area contributed by atoms with Crippen LogP contribution < -0.4 is 10.9 Å². The van der Waals surface area contributed by atoms with Gasteiger partial charge in [0, 0.05) is 17.8 Å². The fraction of sp³-hybridized carbons (Fsp3) is 0.538. The molecule has 1 aromatic rings. The van der Waals surface area contributed by atoms with Crippen LogP contribution in [0.15, 0.2) is 23.1 Å². The molecule has 0 fully saturated rings. The maximum atomic E-state index is 11.8. The molecule has 4 nitrogen and oxygen atoms in total. The Morgan fingerprint density at radius 3 is 2.65 bits per heavy atom. The van der Waals surface area contributed by atoms with E-state index in [1.807, 2.05) is 33.8 Å². The fourth-order valence-corrected chi connectivity index (χ4v) is 1.40. The van der Waals surface area contributed by atoms with Crippen molar-refractivity contribution in [1.82, 2.24) is 9.88 Å². The van der Waals surface area contributed by atoms with Gasteiger partial charge in [-0.25, -0.2) is 0 Å². The zero-order valence-corrected chi connectivity index (χ0v) is 10.9. The second-order valence-electron chi connectivity index (χ2n) is 4.96. The lowest BCUT2D eigenvalue weighted by atomic mass is 10.0. The Morgan fingerprint density at radius 1 is 1.47 bits per heavy atom. The third-order valence-corrected chi connectivity index (χ3v) is 2.83. The van der Waals surface area contributed by atoms with Crippen molar-refractivity contribution in [3.05, 3.63) is 34.2 Å². The first kappa shape index (κ1) is 13.5. The van der Waals surface area contributed by atoms with E-state index >= 15 is 0 Å². The topological polar surface area (TPSA) is 51.1 Å². The molecule has 17 heavy (non-hydrogen) atoms. The van der Waals surface area contributed by atoms with Gasteiger partial charge in [-0.2, -0.15) is 0 Å². The molecule has 0 aliphatic heterocycles. The standard InChI is InChI=1S/C13H20N2O2/c1-5-13(3,4)14-11(16)9-15-7-6-10(2)8-12(15)17/h6-8H,5,9H2,1-4H3,(H,14,16). The van der Waals surface area contributed by atoms with Crippen molar-refractivity contribution in [2.75, 3.05) is 0 Å². The van der Waals surface area contributed by atoms with Crippen molar-refractivity contribution < 1.29 is 4.79 Å². The molecule has 0 saturated carbocycles. The van der Waals surface area contributed by atoms with Gasteiger partial charge in [0.05, 0.1) is 0 Å². The highest BCUT2D eigenvalue weighted by molar-refractivity contribution is 5.76. The number of hydrogen-bond acceptors (Lipinski definition) is 2. The normalized spacial score (nSPS) is 11.3. The third-order valence-electron chi connectivity index (χ3n) is 2.83. The van der Waals surface area contributed by atoms with E-state index in [-0.39, 0.29) is 23.6 Å². The summed E-state index contributed by atoms with van der Waals surface area (Å²) in [5, 5.41) is 2.90. The minimum Gasteiger partial charge on any atom is -0.350 e. The van der Waals surface area contributed by atoms with E-state index < -0.39 is 0 Å². The Balaban J connectivity index is 2.72. The molecular weight excluding hydrogens is 216 g/mol. The highest BCUT2D eigenvalue weighted by Crippen LogP contribution is 2.06. The van der Waals surface area contributed by atoms with Crippen LogP contribution in [-0.2, 0) is 11.3 Å². The van der Waals surface area contributed by atoms with Crippen molar-refractivity contribution in [2.45, 2.75) is 46.2 Å². The Bertz CT molecular complexity index is 461. The van der Waals surface area contributed by atoms with E-state index in [1.165, 1.54) is 10.6 Å². The Hall–Kier alpha value is -1.58. The molecule has 1 amide bonds. The van der Waals surface area contributed by atoms with Crippen LogP contribution in [0, 0.1) is 6.92 Å². The van der Waals surface area contributed by atoms with Crippen molar-refractivity contribution in [3.63, 3.8) is 0 Å². The summed E-state index contributed by atoms with van der Waals surface area (Å²) in [6, 6.07) is 3.35. The zero-order valence-electron chi connectivity index (χ0n) is 10.9. The number of nitrogens with one attached hydrogen (secondary N) is 1. The second-order valence-corrected chi connectivity index (χ2v) is 4.96. The first-order valence-electron chi connectivity index (χ1n) is 5.82. The minimum absolute atomic E-state index is 0.0720. The molecular formula is C13H20N2O2. The summed E-state index contributed by atoms with van der Waals surface area (Å²) in [5.41, 5.74) is 0.528. The van der Waals surface area contributed by atoms with Gasteiger partial charge in [-0.05, 0) is 38.8 Å². The summed E-state index contributed by atoms with van der Waals surface area (Å²) in [6.07, 6.45) is 2.50. The van der Waals surface area contributed by atoms with Crippen LogP contribution in [0.2, 0.25) is 0 Å². The van der Waals surface area contributed by atoms with Gasteiger partial charge in [0.2, 0.25) is 5.91 Å². The molecule has 0 radical (unpaired) electrons. The lowest BCUT2D eigenvalue weighted by Gasteiger charge is -2.24. The monoisotopic (exact) mass is 236 g/mol. The van der Waals surface area contributed by atoms with Crippen molar-refractivity contribution in [1.29, 1.82) is 0 Å². The van der Waals surface area contributed by atoms with Gasteiger partial charge in [-0.15, -0.1) is 0 Å². The molecule has 0 aliphatic carbocycles. The molecule has 1 heterocycles. The largest absolute Gasteiger partial charge is 0.350 e. The Labute approximate surface area is 102 Å². The average molecular weight is 236 g/mol. The second kappa shape index (κ2) is 5.17. The summed E-state index contributed by atoms with van der Waals surface area (Å²) in [7, 11) is 0. The first-order chi connectivity index (χ1) is 7.84. The number of carbonyl (C=O) groups excluding carboxylic acids is 1. The van der Waals surface area contributed by atoms with Crippen molar-refractivity contribution in [2.24, 2.45) is 0 Å². The number of nitrogens with zero attached hydrogens (tertiary/aromatic N) is 1. The van der Waals surface area contributed by atoms with Crippen LogP contribution in [0.5, 0.6) is 0 Å². The van der Waals surface area contributed by atoms with Gasteiger partial charge in [-0.1, -0.05) is 6.92 Å². The summed E-state index contributed by atoms with van der Waals surface area (Å²) in [5.74, 6) is -0.136. The maximum Gasteiger partial charge on any atom is 0.251 e. The van der Waals surface area contributed by atoms with Gasteiger partial charge in [0.1, 0.15) is 6.54 Å². The zero-order chi connectivity index (χ0) is 13.1. The first-order valence-corrected chi connectivity index (χ1v) is 5.82. The Morgan fingerprint density at radius 2 is 2.12 bits per heavy atom. The Kier molecular flexibility index (Phi) is 4.10. The molecule has 0 saturated heterocycles. The van der Waals surface area contributed by atoms with Gasteiger partial charge in [0.25, 0.3) is 5.56 Å². The van der Waals surface area contributed by atoms with Gasteiger partial charge in [0.15, 0.2) is 0 Å². The number of carbonyl (C=O) groups is 1. The van der Waals surface area contributed by atoms with Crippen molar-refractivity contribution >= 4 is 5.91 Å². The number of aryl methyl sites for hydroxylation is 1. The molecule has 0 aromatic carbocycles. The van der Waals surface area contributed by atoms with E-state index in [4.69, 9.17) is 0 Å². The van der Waals surface area contributed by atoms with E-state index in [2.05, 4.69) is 5.32 Å². The molecule has 0 atom stereocenters. The molecule has 1 aromatic heterocycles. The molecule has 1 N–H and O–H groups in total. The number of rotatable bonds is 4. The number of pyridine rings is 1. The van der Waals surface area contributed by atoms with E-state index in [1.54, 1.807) is 6.20 Å². The van der Waals surface area contributed by atoms with E-state index in [0.29, 0.717) is 0 Å². The number of amides is 1. The third kappa shape index (κ3) is 4.06. The summed E-state index contributed by atoms with van der Waals surface area (Å²) < 4.78 is 1.41. The quantitative estimate of drug-likeness (QED) is 0.860. The lowest BCUT2D eigenvalue weighted by molar-refractivity contribution is -0.123. The van der Waals surface area contributed by atoms with E-state index in [9.17, 15) is 9.59 Å². The molecule has 1 rings (SSSR count). The van der Waals surface area contributed by atoms with Crippen LogP contribution in [0.3, 0.4) is 0 Å². The molecule has 4 heteroatoms. The SMILES string of the molecule is CCC(C)(C)NC(=O)Cn1ccc(C)cc1=O. The van der Waals surface area contributed by atoms with Crippen LogP contribution in [-0.4, -0.2) is 16.0 Å². The minimum atomic E-state index is -0.231. The molecule has 0 aliphatic rings. The van der Waals surface area contributed by atoms with Gasteiger partial charge in [-0.3, -0.25) is 9.59 Å². The highest BCUT2D eigenvalue weighted by atomic mass is 16.2. The van der Waals surface area contributed by atoms with Crippen LogP contribution in [0.1, 0.15) is 32.8 Å². The van der Waals surface area contributed by atoms with Gasteiger partial charge >= 0.3 is 0 Å². The highest BCUT2D eigenvalue weighted by Gasteiger charge is 2.17. The predicted molar refractivity (Wildman–Crippen MR) is 68.0 cm³/mol. The van der Waals surface area contributed by atoms with E-state index in [0.717, 1.165) is 12.0 Å². The summed E-state index contributed by atoms with van der Waals surface area (Å²) in [4.78, 5) is 23.3. The maximum absolute atomic E-state index is 11.8. The molecule has 94 valence electrons. The molecule has 0 spiro atoms. The molecule has 0 bridgehead atoms. The number of aromatic nitrogens is 1. The fourth-order valence-electron chi connectivity index (χ4n) is 1.40. The van der Waals surface area contributed by atoms with Crippen molar-refractivity contribution in [3.8, 4) is 0 Å². The van der Waals surface area contributed by atoms with Crippen LogP contribution >= 0.6 is 0 Å². The lowest BCUT2D eigenvalue weighted by Crippen LogP contribution is -2.45. The smallest absolute Gasteiger partial charge is 0.251 e. The predicted octanol–water partition coefficient (Wildman–Crippen LogP) is 1.46.